The van der Waals surface area contributed by atoms with Gasteiger partial charge in [0.05, 0.1) is 6.61 Å². The summed E-state index contributed by atoms with van der Waals surface area (Å²) >= 11 is 0. The normalized spacial score (nSPS) is 29.6. The van der Waals surface area contributed by atoms with Crippen molar-refractivity contribution in [1.82, 2.24) is 0 Å². The van der Waals surface area contributed by atoms with Gasteiger partial charge in [-0.15, -0.1) is 0 Å². The molecule has 1 aliphatic carbocycles. The van der Waals surface area contributed by atoms with Gasteiger partial charge >= 0.3 is 0 Å². The number of aliphatic hydroxyl groups excluding tert-OH is 1. The Bertz CT molecular complexity index is 346. The van der Waals surface area contributed by atoms with E-state index in [0.29, 0.717) is 5.92 Å². The predicted molar refractivity (Wildman–Crippen MR) is 66.4 cm³/mol. The summed E-state index contributed by atoms with van der Waals surface area (Å²) in [6, 6.07) is 8.83. The van der Waals surface area contributed by atoms with E-state index in [4.69, 9.17) is 5.73 Å². The van der Waals surface area contributed by atoms with Crippen molar-refractivity contribution in [3.05, 3.63) is 35.4 Å². The molecule has 2 heteroatoms. The van der Waals surface area contributed by atoms with Gasteiger partial charge in [0, 0.05) is 5.54 Å². The Kier molecular flexibility index (Phi) is 3.31. The first-order valence-corrected chi connectivity index (χ1v) is 6.15. The van der Waals surface area contributed by atoms with Crippen LogP contribution in [0.15, 0.2) is 24.3 Å². The van der Waals surface area contributed by atoms with Gasteiger partial charge < -0.3 is 10.8 Å². The van der Waals surface area contributed by atoms with Crippen molar-refractivity contribution in [1.29, 1.82) is 0 Å². The average Bonchev–Trinajstić information content (AvgIpc) is 2.73. The van der Waals surface area contributed by atoms with Crippen LogP contribution >= 0.6 is 0 Å². The van der Waals surface area contributed by atoms with Crippen LogP contribution in [-0.2, 0) is 6.42 Å². The van der Waals surface area contributed by atoms with Crippen molar-refractivity contribution in [3.63, 3.8) is 0 Å². The Balaban J connectivity index is 2.08. The van der Waals surface area contributed by atoms with Crippen molar-refractivity contribution in [3.8, 4) is 0 Å². The highest BCUT2D eigenvalue weighted by Gasteiger charge is 2.35. The van der Waals surface area contributed by atoms with Gasteiger partial charge in [-0.1, -0.05) is 31.2 Å². The third-order valence-corrected chi connectivity index (χ3v) is 3.82. The zero-order valence-electron chi connectivity index (χ0n) is 9.95. The molecule has 88 valence electrons. The molecule has 1 aliphatic rings. The molecule has 0 spiro atoms. The van der Waals surface area contributed by atoms with Gasteiger partial charge in [-0.2, -0.15) is 0 Å². The summed E-state index contributed by atoms with van der Waals surface area (Å²) in [5.41, 5.74) is 8.50. The van der Waals surface area contributed by atoms with Crippen LogP contribution in [0.3, 0.4) is 0 Å². The monoisotopic (exact) mass is 219 g/mol. The molecule has 0 aliphatic heterocycles. The lowest BCUT2D eigenvalue weighted by Crippen LogP contribution is -2.40. The van der Waals surface area contributed by atoms with Crippen LogP contribution in [-0.4, -0.2) is 17.3 Å². The lowest BCUT2D eigenvalue weighted by Gasteiger charge is -2.20. The molecule has 1 fully saturated rings. The Morgan fingerprint density at radius 2 is 2.06 bits per heavy atom. The van der Waals surface area contributed by atoms with E-state index in [1.165, 1.54) is 11.1 Å². The van der Waals surface area contributed by atoms with Crippen molar-refractivity contribution in [2.24, 2.45) is 5.73 Å². The first-order valence-electron chi connectivity index (χ1n) is 6.15. The Labute approximate surface area is 97.5 Å². The summed E-state index contributed by atoms with van der Waals surface area (Å²) in [5, 5.41) is 9.25. The van der Waals surface area contributed by atoms with Gasteiger partial charge in [0.2, 0.25) is 0 Å². The number of hydrogen-bond donors (Lipinski definition) is 2. The number of hydrogen-bond acceptors (Lipinski definition) is 2. The summed E-state index contributed by atoms with van der Waals surface area (Å²) in [7, 11) is 0. The fraction of sp³-hybridized carbons (Fsp3) is 0.571. The molecule has 1 aromatic carbocycles. The third kappa shape index (κ3) is 2.28. The lowest BCUT2D eigenvalue weighted by atomic mass is 9.93. The summed E-state index contributed by atoms with van der Waals surface area (Å²) in [6.07, 6.45) is 4.03. The molecular formula is C14H21NO. The van der Waals surface area contributed by atoms with Crippen molar-refractivity contribution in [2.75, 3.05) is 6.61 Å². The number of benzene rings is 1. The Morgan fingerprint density at radius 3 is 2.56 bits per heavy atom. The van der Waals surface area contributed by atoms with E-state index >= 15 is 0 Å². The van der Waals surface area contributed by atoms with Crippen molar-refractivity contribution >= 4 is 0 Å². The van der Waals surface area contributed by atoms with E-state index in [1.807, 2.05) is 0 Å². The van der Waals surface area contributed by atoms with E-state index < -0.39 is 0 Å². The molecule has 1 saturated carbocycles. The molecule has 2 unspecified atom stereocenters. The summed E-state index contributed by atoms with van der Waals surface area (Å²) in [4.78, 5) is 0. The molecule has 1 aromatic rings. The number of nitrogens with two attached hydrogens (primary N) is 1. The molecule has 0 heterocycles. The van der Waals surface area contributed by atoms with E-state index in [9.17, 15) is 5.11 Å². The van der Waals surface area contributed by atoms with Gasteiger partial charge in [0.15, 0.2) is 0 Å². The van der Waals surface area contributed by atoms with E-state index in [1.54, 1.807) is 0 Å². The maximum atomic E-state index is 9.25. The van der Waals surface area contributed by atoms with Crippen LogP contribution in [0.1, 0.15) is 43.2 Å². The van der Waals surface area contributed by atoms with Crippen LogP contribution in [0.25, 0.3) is 0 Å². The first-order chi connectivity index (χ1) is 7.67. The zero-order valence-corrected chi connectivity index (χ0v) is 9.95. The molecule has 0 radical (unpaired) electrons. The van der Waals surface area contributed by atoms with Crippen LogP contribution in [0.5, 0.6) is 0 Å². The fourth-order valence-corrected chi connectivity index (χ4v) is 2.61. The summed E-state index contributed by atoms with van der Waals surface area (Å²) in [6.45, 7) is 2.28. The van der Waals surface area contributed by atoms with Crippen molar-refractivity contribution < 1.29 is 5.11 Å². The molecule has 2 atom stereocenters. The van der Waals surface area contributed by atoms with Crippen LogP contribution in [0, 0.1) is 0 Å². The largest absolute Gasteiger partial charge is 0.394 e. The highest BCUT2D eigenvalue weighted by atomic mass is 16.3. The first kappa shape index (κ1) is 11.6. The van der Waals surface area contributed by atoms with Gasteiger partial charge in [0.25, 0.3) is 0 Å². The molecule has 16 heavy (non-hydrogen) atoms. The Hall–Kier alpha value is -0.860. The number of aliphatic hydroxyl groups is 1. The molecule has 0 amide bonds. The zero-order chi connectivity index (χ0) is 11.6. The highest BCUT2D eigenvalue weighted by Crippen LogP contribution is 2.39. The second-order valence-electron chi connectivity index (χ2n) is 5.06. The minimum Gasteiger partial charge on any atom is -0.394 e. The second-order valence-corrected chi connectivity index (χ2v) is 5.06. The van der Waals surface area contributed by atoms with E-state index in [0.717, 1.165) is 25.7 Å². The van der Waals surface area contributed by atoms with Gasteiger partial charge in [-0.25, -0.2) is 0 Å². The topological polar surface area (TPSA) is 46.2 Å². The highest BCUT2D eigenvalue weighted by molar-refractivity contribution is 5.27. The average molecular weight is 219 g/mol. The minimum absolute atomic E-state index is 0.108. The molecule has 0 aromatic heterocycles. The molecule has 3 N–H and O–H groups in total. The van der Waals surface area contributed by atoms with Gasteiger partial charge in [-0.3, -0.25) is 0 Å². The van der Waals surface area contributed by atoms with E-state index in [2.05, 4.69) is 31.2 Å². The smallest absolute Gasteiger partial charge is 0.0611 e. The van der Waals surface area contributed by atoms with Crippen LogP contribution in [0.4, 0.5) is 0 Å². The Morgan fingerprint density at radius 1 is 1.38 bits per heavy atom. The van der Waals surface area contributed by atoms with E-state index in [-0.39, 0.29) is 12.1 Å². The quantitative estimate of drug-likeness (QED) is 0.818. The fourth-order valence-electron chi connectivity index (χ4n) is 2.61. The van der Waals surface area contributed by atoms with Gasteiger partial charge in [-0.05, 0) is 42.7 Å². The number of rotatable bonds is 3. The third-order valence-electron chi connectivity index (χ3n) is 3.82. The van der Waals surface area contributed by atoms with Gasteiger partial charge in [0.1, 0.15) is 0 Å². The predicted octanol–water partition coefficient (Wildman–Crippen LogP) is 2.21. The molecular weight excluding hydrogens is 198 g/mol. The van der Waals surface area contributed by atoms with Crippen molar-refractivity contribution in [2.45, 2.75) is 44.1 Å². The minimum atomic E-state index is -0.339. The van der Waals surface area contributed by atoms with Crippen LogP contribution < -0.4 is 5.73 Å². The SMILES string of the molecule is CCc1ccc(C2CCC(N)(CO)C2)cc1. The summed E-state index contributed by atoms with van der Waals surface area (Å²) < 4.78 is 0. The number of aryl methyl sites for hydroxylation is 1. The second kappa shape index (κ2) is 4.56. The molecule has 0 saturated heterocycles. The maximum absolute atomic E-state index is 9.25. The molecule has 2 rings (SSSR count). The van der Waals surface area contributed by atoms with Crippen LogP contribution in [0.2, 0.25) is 0 Å². The maximum Gasteiger partial charge on any atom is 0.0611 e. The standard InChI is InChI=1S/C14H21NO/c1-2-11-3-5-12(6-4-11)13-7-8-14(15,9-13)10-16/h3-6,13,16H,2,7-10,15H2,1H3. The molecule has 2 nitrogen and oxygen atoms in total. The lowest BCUT2D eigenvalue weighted by molar-refractivity contribution is 0.198. The molecule has 0 bridgehead atoms. The summed E-state index contributed by atoms with van der Waals surface area (Å²) in [5.74, 6) is 0.531.